The van der Waals surface area contributed by atoms with Crippen molar-refractivity contribution >= 4 is 40.2 Å². The van der Waals surface area contributed by atoms with Gasteiger partial charge in [0.1, 0.15) is 0 Å². The number of aromatic amines is 1. The summed E-state index contributed by atoms with van der Waals surface area (Å²) in [6.07, 6.45) is 5.21. The number of amides is 1. The van der Waals surface area contributed by atoms with Gasteiger partial charge in [0.25, 0.3) is 5.91 Å². The number of anilines is 2. The van der Waals surface area contributed by atoms with Gasteiger partial charge >= 0.3 is 0 Å². The summed E-state index contributed by atoms with van der Waals surface area (Å²) in [5, 5.41) is 17.2. The highest BCUT2D eigenvalue weighted by atomic mass is 32.1. The van der Waals surface area contributed by atoms with Crippen LogP contribution < -0.4 is 10.2 Å². The Morgan fingerprint density at radius 3 is 2.81 bits per heavy atom. The van der Waals surface area contributed by atoms with Crippen LogP contribution in [0.5, 0.6) is 0 Å². The van der Waals surface area contributed by atoms with Crippen LogP contribution in [0.4, 0.5) is 11.9 Å². The van der Waals surface area contributed by atoms with Gasteiger partial charge in [-0.2, -0.15) is 10.1 Å². The molecule has 4 aromatic rings. The molecule has 0 aliphatic carbocycles. The molecule has 0 atom stereocenters. The summed E-state index contributed by atoms with van der Waals surface area (Å²) in [5.74, 6) is 0.695. The average molecular weight is 437 g/mol. The van der Waals surface area contributed by atoms with Crippen molar-refractivity contribution in [1.29, 1.82) is 0 Å². The number of rotatable bonds is 5. The second-order valence-electron chi connectivity index (χ2n) is 7.94. The first-order chi connectivity index (χ1) is 15.1. The Labute approximate surface area is 183 Å². The Hall–Kier alpha value is -3.27. The number of aromatic nitrogens is 6. The number of pyridine rings is 1. The molecule has 31 heavy (non-hydrogen) atoms. The third kappa shape index (κ3) is 3.78. The predicted octanol–water partition coefficient (Wildman–Crippen LogP) is 4.10. The Balaban J connectivity index is 1.49. The standard InChI is InChI=1S/C21H24N8OS/c1-13(2)29-18-15(12-22-29)14(11-16(23-18)17-7-6-10-31-17)19(30)24-20-25-21(27-26-20)28-8-4-3-5-9-28/h6-7,10-13H,3-5,8-9H2,1-2H3,(H2,24,25,26,27,30). The minimum Gasteiger partial charge on any atom is -0.340 e. The molecule has 1 aliphatic heterocycles. The van der Waals surface area contributed by atoms with Crippen LogP contribution >= 0.6 is 11.3 Å². The molecule has 1 saturated heterocycles. The molecule has 5 rings (SSSR count). The van der Waals surface area contributed by atoms with E-state index in [1.165, 1.54) is 6.42 Å². The van der Waals surface area contributed by atoms with E-state index < -0.39 is 0 Å². The van der Waals surface area contributed by atoms with E-state index in [-0.39, 0.29) is 11.9 Å². The molecule has 0 radical (unpaired) electrons. The summed E-state index contributed by atoms with van der Waals surface area (Å²) < 4.78 is 1.84. The Morgan fingerprint density at radius 1 is 1.23 bits per heavy atom. The normalized spacial score (nSPS) is 14.5. The molecule has 4 aromatic heterocycles. The van der Waals surface area contributed by atoms with E-state index >= 15 is 0 Å². The van der Waals surface area contributed by atoms with Crippen molar-refractivity contribution in [3.63, 3.8) is 0 Å². The van der Waals surface area contributed by atoms with Crippen molar-refractivity contribution in [2.45, 2.75) is 39.2 Å². The van der Waals surface area contributed by atoms with Gasteiger partial charge in [-0.05, 0) is 50.6 Å². The number of carbonyl (C=O) groups excluding carboxylic acids is 1. The highest BCUT2D eigenvalue weighted by Crippen LogP contribution is 2.29. The van der Waals surface area contributed by atoms with Crippen molar-refractivity contribution in [3.8, 4) is 10.6 Å². The number of hydrogen-bond acceptors (Lipinski definition) is 7. The van der Waals surface area contributed by atoms with Crippen molar-refractivity contribution in [3.05, 3.63) is 35.3 Å². The van der Waals surface area contributed by atoms with Crippen LogP contribution in [0.2, 0.25) is 0 Å². The summed E-state index contributed by atoms with van der Waals surface area (Å²) >= 11 is 1.59. The van der Waals surface area contributed by atoms with Crippen molar-refractivity contribution < 1.29 is 4.79 Å². The zero-order valence-electron chi connectivity index (χ0n) is 17.5. The Bertz CT molecular complexity index is 1200. The number of carbonyl (C=O) groups is 1. The third-order valence-corrected chi connectivity index (χ3v) is 6.31. The number of thiophene rings is 1. The smallest absolute Gasteiger partial charge is 0.258 e. The predicted molar refractivity (Wildman–Crippen MR) is 122 cm³/mol. The van der Waals surface area contributed by atoms with E-state index in [4.69, 9.17) is 4.98 Å². The average Bonchev–Trinajstić information content (AvgIpc) is 3.53. The van der Waals surface area contributed by atoms with Gasteiger partial charge in [-0.1, -0.05) is 6.07 Å². The number of nitrogens with zero attached hydrogens (tertiary/aromatic N) is 6. The maximum atomic E-state index is 13.2. The lowest BCUT2D eigenvalue weighted by Gasteiger charge is -2.24. The first kappa shape index (κ1) is 19.7. The third-order valence-electron chi connectivity index (χ3n) is 5.42. The monoisotopic (exact) mass is 436 g/mol. The molecular formula is C21H24N8OS. The minimum absolute atomic E-state index is 0.126. The molecule has 2 N–H and O–H groups in total. The lowest BCUT2D eigenvalue weighted by atomic mass is 10.1. The molecule has 5 heterocycles. The van der Waals surface area contributed by atoms with Crippen LogP contribution in [0.3, 0.4) is 0 Å². The zero-order valence-corrected chi connectivity index (χ0v) is 18.3. The van der Waals surface area contributed by atoms with Gasteiger partial charge in [0.2, 0.25) is 11.9 Å². The maximum absolute atomic E-state index is 13.2. The van der Waals surface area contributed by atoms with E-state index in [0.29, 0.717) is 28.5 Å². The molecule has 1 fully saturated rings. The van der Waals surface area contributed by atoms with Crippen LogP contribution in [-0.4, -0.2) is 48.9 Å². The fraction of sp³-hybridized carbons (Fsp3) is 0.381. The number of nitrogens with one attached hydrogen (secondary N) is 2. The maximum Gasteiger partial charge on any atom is 0.258 e. The molecule has 160 valence electrons. The van der Waals surface area contributed by atoms with Crippen LogP contribution in [0.1, 0.15) is 49.5 Å². The topological polar surface area (TPSA) is 105 Å². The van der Waals surface area contributed by atoms with Gasteiger partial charge in [-0.25, -0.2) is 14.8 Å². The summed E-state index contributed by atoms with van der Waals surface area (Å²) in [7, 11) is 0. The first-order valence-electron chi connectivity index (χ1n) is 10.5. The lowest BCUT2D eigenvalue weighted by Crippen LogP contribution is -2.30. The van der Waals surface area contributed by atoms with Gasteiger partial charge < -0.3 is 4.90 Å². The highest BCUT2D eigenvalue weighted by molar-refractivity contribution is 7.13. The molecule has 0 bridgehead atoms. The van der Waals surface area contributed by atoms with E-state index in [1.807, 2.05) is 42.1 Å². The van der Waals surface area contributed by atoms with Gasteiger partial charge in [-0.15, -0.1) is 16.4 Å². The van der Waals surface area contributed by atoms with E-state index in [9.17, 15) is 4.79 Å². The molecule has 10 heteroatoms. The quantitative estimate of drug-likeness (QED) is 0.488. The number of fused-ring (bicyclic) bond motifs is 1. The van der Waals surface area contributed by atoms with Crippen molar-refractivity contribution in [2.75, 3.05) is 23.3 Å². The molecule has 0 saturated carbocycles. The number of piperidine rings is 1. The summed E-state index contributed by atoms with van der Waals surface area (Å²) in [5.41, 5.74) is 1.95. The number of hydrogen-bond donors (Lipinski definition) is 2. The zero-order chi connectivity index (χ0) is 21.4. The fourth-order valence-electron chi connectivity index (χ4n) is 3.85. The molecule has 0 spiro atoms. The van der Waals surface area contributed by atoms with Crippen LogP contribution in [0.25, 0.3) is 21.6 Å². The lowest BCUT2D eigenvalue weighted by molar-refractivity contribution is 0.102. The van der Waals surface area contributed by atoms with Crippen LogP contribution in [-0.2, 0) is 0 Å². The molecule has 1 aliphatic rings. The van der Waals surface area contributed by atoms with Crippen molar-refractivity contribution in [1.82, 2.24) is 29.9 Å². The summed E-state index contributed by atoms with van der Waals surface area (Å²) in [6, 6.07) is 5.92. The molecule has 0 unspecified atom stereocenters. The summed E-state index contributed by atoms with van der Waals surface area (Å²) in [6.45, 7) is 5.97. The van der Waals surface area contributed by atoms with Crippen molar-refractivity contribution in [2.24, 2.45) is 0 Å². The van der Waals surface area contributed by atoms with Gasteiger partial charge in [-0.3, -0.25) is 10.1 Å². The first-order valence-corrected chi connectivity index (χ1v) is 11.4. The van der Waals surface area contributed by atoms with E-state index in [0.717, 1.165) is 36.5 Å². The van der Waals surface area contributed by atoms with Gasteiger partial charge in [0.05, 0.1) is 27.7 Å². The highest BCUT2D eigenvalue weighted by Gasteiger charge is 2.21. The van der Waals surface area contributed by atoms with Gasteiger partial charge in [0, 0.05) is 19.1 Å². The molecule has 9 nitrogen and oxygen atoms in total. The van der Waals surface area contributed by atoms with E-state index in [1.54, 1.807) is 17.5 Å². The second kappa shape index (κ2) is 8.10. The largest absolute Gasteiger partial charge is 0.340 e. The second-order valence-corrected chi connectivity index (χ2v) is 8.89. The van der Waals surface area contributed by atoms with E-state index in [2.05, 4.69) is 30.5 Å². The SMILES string of the molecule is CC(C)n1ncc2c(C(=O)Nc3nc(N4CCCCC4)n[nH]3)cc(-c3cccs3)nc21. The van der Waals surface area contributed by atoms with Crippen LogP contribution in [0.15, 0.2) is 29.8 Å². The number of H-pyrrole nitrogens is 1. The Morgan fingerprint density at radius 2 is 2.06 bits per heavy atom. The summed E-state index contributed by atoms with van der Waals surface area (Å²) in [4.78, 5) is 25.7. The fourth-order valence-corrected chi connectivity index (χ4v) is 4.54. The van der Waals surface area contributed by atoms with Crippen LogP contribution in [0, 0.1) is 0 Å². The van der Waals surface area contributed by atoms with Gasteiger partial charge in [0.15, 0.2) is 5.65 Å². The Kier molecular flexibility index (Phi) is 5.14. The molecule has 0 aromatic carbocycles. The molecular weight excluding hydrogens is 412 g/mol. The molecule has 1 amide bonds. The minimum atomic E-state index is -0.269.